The summed E-state index contributed by atoms with van der Waals surface area (Å²) in [4.78, 5) is 9.50. The maximum atomic E-state index is 9.58. The summed E-state index contributed by atoms with van der Waals surface area (Å²) in [6.07, 6.45) is 1.03. The van der Waals surface area contributed by atoms with Crippen molar-refractivity contribution in [2.75, 3.05) is 0 Å². The maximum absolute atomic E-state index is 9.58. The Balaban J connectivity index is 1.99. The van der Waals surface area contributed by atoms with E-state index in [1.54, 1.807) is 19.3 Å². The van der Waals surface area contributed by atoms with Crippen molar-refractivity contribution in [1.29, 1.82) is 0 Å². The van der Waals surface area contributed by atoms with Gasteiger partial charge in [0.05, 0.1) is 16.6 Å². The molecule has 0 saturated heterocycles. The minimum atomic E-state index is -0.526. The Morgan fingerprint density at radius 2 is 1.95 bits per heavy atom. The highest BCUT2D eigenvalue weighted by Gasteiger charge is 2.10. The second-order valence-electron chi connectivity index (χ2n) is 4.66. The van der Waals surface area contributed by atoms with Crippen LogP contribution in [0.3, 0.4) is 0 Å². The van der Waals surface area contributed by atoms with Crippen LogP contribution < -0.4 is 0 Å². The van der Waals surface area contributed by atoms with Crippen LogP contribution in [-0.2, 0) is 0 Å². The Morgan fingerprint density at radius 3 is 2.71 bits per heavy atom. The third-order valence-corrected chi connectivity index (χ3v) is 4.67. The van der Waals surface area contributed by atoms with Gasteiger partial charge in [0.25, 0.3) is 0 Å². The predicted molar refractivity (Wildman–Crippen MR) is 85.7 cm³/mol. The Bertz CT molecular complexity index is 787. The van der Waals surface area contributed by atoms with Crippen LogP contribution in [0, 0.1) is 0 Å². The number of rotatable bonds is 3. The molecule has 1 N–H and O–H groups in total. The molecule has 0 radical (unpaired) electrons. The number of fused-ring (bicyclic) bond motifs is 1. The van der Waals surface area contributed by atoms with E-state index in [4.69, 9.17) is 11.6 Å². The van der Waals surface area contributed by atoms with Gasteiger partial charge in [-0.2, -0.15) is 0 Å². The molecule has 3 nitrogen and oxygen atoms in total. The zero-order valence-electron chi connectivity index (χ0n) is 11.3. The van der Waals surface area contributed by atoms with Gasteiger partial charge >= 0.3 is 0 Å². The lowest BCUT2D eigenvalue weighted by Gasteiger charge is -2.09. The molecule has 3 aromatic rings. The van der Waals surface area contributed by atoms with Gasteiger partial charge in [-0.05, 0) is 30.7 Å². The average Bonchev–Trinajstić information content (AvgIpc) is 2.49. The van der Waals surface area contributed by atoms with Crippen molar-refractivity contribution in [3.63, 3.8) is 0 Å². The van der Waals surface area contributed by atoms with E-state index < -0.39 is 6.10 Å². The van der Waals surface area contributed by atoms with Gasteiger partial charge in [-0.1, -0.05) is 47.6 Å². The van der Waals surface area contributed by atoms with Gasteiger partial charge in [-0.25, -0.2) is 9.97 Å². The van der Waals surface area contributed by atoms with Gasteiger partial charge in [0.1, 0.15) is 11.4 Å². The number of hydrogen-bond acceptors (Lipinski definition) is 4. The first-order valence-corrected chi connectivity index (χ1v) is 7.69. The summed E-state index contributed by atoms with van der Waals surface area (Å²) < 4.78 is 0. The highest BCUT2D eigenvalue weighted by molar-refractivity contribution is 7.99. The molecule has 0 unspecified atom stereocenters. The summed E-state index contributed by atoms with van der Waals surface area (Å²) in [5.74, 6) is 0. The molecule has 1 atom stereocenters. The zero-order chi connectivity index (χ0) is 14.8. The molecule has 21 heavy (non-hydrogen) atoms. The lowest BCUT2D eigenvalue weighted by Crippen LogP contribution is -1.91. The van der Waals surface area contributed by atoms with E-state index in [1.165, 1.54) is 11.8 Å². The summed E-state index contributed by atoms with van der Waals surface area (Å²) in [5.41, 5.74) is 1.71. The van der Waals surface area contributed by atoms with Crippen LogP contribution in [0.2, 0.25) is 5.02 Å². The number of hydrogen-bond donors (Lipinski definition) is 1. The summed E-state index contributed by atoms with van der Waals surface area (Å²) in [6.45, 7) is 1.72. The number of nitrogens with zero attached hydrogens (tertiary/aromatic N) is 2. The highest BCUT2D eigenvalue weighted by Crippen LogP contribution is 2.36. The van der Waals surface area contributed by atoms with Crippen LogP contribution in [0.15, 0.2) is 58.7 Å². The Labute approximate surface area is 132 Å². The standard InChI is InChI=1S/C16H13ClN2OS/c1-10(20)11-6-7-15(13(17)8-11)21-16-12-4-2-3-5-14(12)18-9-19-16/h2-10,20H,1H3/t10-/m0/s1. The molecule has 0 saturated carbocycles. The van der Waals surface area contributed by atoms with Crippen LogP contribution in [-0.4, -0.2) is 15.1 Å². The Morgan fingerprint density at radius 1 is 1.14 bits per heavy atom. The van der Waals surface area contributed by atoms with Crippen LogP contribution >= 0.6 is 23.4 Å². The van der Waals surface area contributed by atoms with Gasteiger partial charge in [-0.3, -0.25) is 0 Å². The SMILES string of the molecule is C[C@H](O)c1ccc(Sc2ncnc3ccccc23)c(Cl)c1. The summed E-state index contributed by atoms with van der Waals surface area (Å²) in [7, 11) is 0. The highest BCUT2D eigenvalue weighted by atomic mass is 35.5. The Hall–Kier alpha value is -1.62. The molecular formula is C16H13ClN2OS. The van der Waals surface area contributed by atoms with E-state index in [0.29, 0.717) is 5.02 Å². The molecule has 0 fully saturated rings. The normalized spacial score (nSPS) is 12.5. The van der Waals surface area contributed by atoms with Gasteiger partial charge < -0.3 is 5.11 Å². The molecule has 0 aliphatic carbocycles. The first kappa shape index (κ1) is 14.3. The van der Waals surface area contributed by atoms with E-state index in [9.17, 15) is 5.11 Å². The quantitative estimate of drug-likeness (QED) is 0.723. The van der Waals surface area contributed by atoms with E-state index in [0.717, 1.165) is 26.4 Å². The van der Waals surface area contributed by atoms with E-state index in [1.807, 2.05) is 36.4 Å². The molecule has 0 amide bonds. The number of para-hydroxylation sites is 1. The summed E-state index contributed by atoms with van der Waals surface area (Å²) >= 11 is 7.80. The van der Waals surface area contributed by atoms with Crippen LogP contribution in [0.1, 0.15) is 18.6 Å². The third-order valence-electron chi connectivity index (χ3n) is 3.15. The lowest BCUT2D eigenvalue weighted by atomic mass is 10.1. The summed E-state index contributed by atoms with van der Waals surface area (Å²) in [5, 5.41) is 12.1. The number of benzene rings is 2. The third kappa shape index (κ3) is 3.02. The fourth-order valence-electron chi connectivity index (χ4n) is 2.03. The molecule has 0 bridgehead atoms. The Kier molecular flexibility index (Phi) is 4.10. The van der Waals surface area contributed by atoms with Crippen molar-refractivity contribution in [1.82, 2.24) is 9.97 Å². The fourth-order valence-corrected chi connectivity index (χ4v) is 3.21. The van der Waals surface area contributed by atoms with E-state index >= 15 is 0 Å². The molecule has 5 heteroatoms. The van der Waals surface area contributed by atoms with Crippen molar-refractivity contribution in [3.05, 3.63) is 59.4 Å². The molecule has 3 rings (SSSR count). The molecular weight excluding hydrogens is 304 g/mol. The van der Waals surface area contributed by atoms with Gasteiger partial charge in [0.15, 0.2) is 0 Å². The summed E-state index contributed by atoms with van der Waals surface area (Å²) in [6, 6.07) is 13.4. The van der Waals surface area contributed by atoms with Crippen LogP contribution in [0.5, 0.6) is 0 Å². The molecule has 1 aromatic heterocycles. The molecule has 1 heterocycles. The molecule has 0 spiro atoms. The van der Waals surface area contributed by atoms with Crippen LogP contribution in [0.25, 0.3) is 10.9 Å². The molecule has 0 aliphatic rings. The number of halogens is 1. The van der Waals surface area contributed by atoms with Crippen molar-refractivity contribution in [2.45, 2.75) is 22.9 Å². The number of aliphatic hydroxyl groups excluding tert-OH is 1. The largest absolute Gasteiger partial charge is 0.389 e. The molecule has 0 aliphatic heterocycles. The minimum absolute atomic E-state index is 0.526. The van der Waals surface area contributed by atoms with E-state index in [2.05, 4.69) is 9.97 Å². The van der Waals surface area contributed by atoms with Crippen molar-refractivity contribution < 1.29 is 5.11 Å². The van der Waals surface area contributed by atoms with Gasteiger partial charge in [-0.15, -0.1) is 0 Å². The molecule has 106 valence electrons. The second-order valence-corrected chi connectivity index (χ2v) is 6.10. The fraction of sp³-hybridized carbons (Fsp3) is 0.125. The van der Waals surface area contributed by atoms with Crippen molar-refractivity contribution >= 4 is 34.3 Å². The predicted octanol–water partition coefficient (Wildman–Crippen LogP) is 4.49. The first-order valence-electron chi connectivity index (χ1n) is 6.50. The average molecular weight is 317 g/mol. The number of aromatic nitrogens is 2. The lowest BCUT2D eigenvalue weighted by molar-refractivity contribution is 0.199. The van der Waals surface area contributed by atoms with Crippen molar-refractivity contribution in [3.8, 4) is 0 Å². The first-order chi connectivity index (χ1) is 10.1. The molecule has 2 aromatic carbocycles. The second kappa shape index (κ2) is 6.02. The minimum Gasteiger partial charge on any atom is -0.389 e. The van der Waals surface area contributed by atoms with Gasteiger partial charge in [0.2, 0.25) is 0 Å². The zero-order valence-corrected chi connectivity index (χ0v) is 12.9. The maximum Gasteiger partial charge on any atom is 0.117 e. The number of aliphatic hydroxyl groups is 1. The van der Waals surface area contributed by atoms with Crippen LogP contribution in [0.4, 0.5) is 0 Å². The van der Waals surface area contributed by atoms with Gasteiger partial charge in [0, 0.05) is 10.3 Å². The van der Waals surface area contributed by atoms with Crippen molar-refractivity contribution in [2.24, 2.45) is 0 Å². The topological polar surface area (TPSA) is 46.0 Å². The monoisotopic (exact) mass is 316 g/mol. The smallest absolute Gasteiger partial charge is 0.117 e. The van der Waals surface area contributed by atoms with E-state index in [-0.39, 0.29) is 0 Å².